The van der Waals surface area contributed by atoms with E-state index in [2.05, 4.69) is 10.6 Å². The van der Waals surface area contributed by atoms with E-state index in [1.54, 1.807) is 29.2 Å². The molecule has 3 rings (SSSR count). The molecule has 0 bridgehead atoms. The van der Waals surface area contributed by atoms with E-state index in [0.717, 1.165) is 11.4 Å². The maximum absolute atomic E-state index is 12.6. The molecule has 28 heavy (non-hydrogen) atoms. The van der Waals surface area contributed by atoms with E-state index in [9.17, 15) is 14.4 Å². The molecule has 2 aromatic carbocycles. The van der Waals surface area contributed by atoms with Crippen molar-refractivity contribution in [1.29, 1.82) is 0 Å². The number of rotatable bonds is 6. The molecule has 2 aromatic rings. The average Bonchev–Trinajstić information content (AvgIpc) is 3.04. The molecule has 0 spiro atoms. The number of carbonyl (C=O) groups is 3. The summed E-state index contributed by atoms with van der Waals surface area (Å²) in [6.07, 6.45) is 0.157. The fraction of sp³-hybridized carbons (Fsp3) is 0.286. The number of ether oxygens (including phenoxy) is 1. The van der Waals surface area contributed by atoms with E-state index in [4.69, 9.17) is 4.74 Å². The Kier molecular flexibility index (Phi) is 5.93. The average molecular weight is 381 g/mol. The van der Waals surface area contributed by atoms with Crippen molar-refractivity contribution in [3.8, 4) is 5.75 Å². The molecule has 146 valence electrons. The Hall–Kier alpha value is -3.35. The van der Waals surface area contributed by atoms with Crippen LogP contribution in [0.15, 0.2) is 48.5 Å². The van der Waals surface area contributed by atoms with Gasteiger partial charge in [-0.25, -0.2) is 0 Å². The van der Waals surface area contributed by atoms with E-state index in [-0.39, 0.29) is 24.1 Å². The smallest absolute Gasteiger partial charge is 0.229 e. The van der Waals surface area contributed by atoms with Crippen molar-refractivity contribution in [2.24, 2.45) is 5.92 Å². The maximum atomic E-state index is 12.6. The lowest BCUT2D eigenvalue weighted by atomic mass is 10.1. The minimum absolute atomic E-state index is 0.0868. The molecular weight excluding hydrogens is 358 g/mol. The first-order valence-corrected chi connectivity index (χ1v) is 9.18. The first kappa shape index (κ1) is 19.4. The Labute approximate surface area is 163 Å². The van der Waals surface area contributed by atoms with Gasteiger partial charge >= 0.3 is 0 Å². The van der Waals surface area contributed by atoms with Crippen LogP contribution in [0.1, 0.15) is 20.3 Å². The molecule has 0 radical (unpaired) electrons. The number of nitrogens with one attached hydrogen (secondary N) is 2. The second kappa shape index (κ2) is 8.56. The highest BCUT2D eigenvalue weighted by Crippen LogP contribution is 2.28. The highest BCUT2D eigenvalue weighted by Gasteiger charge is 2.35. The van der Waals surface area contributed by atoms with E-state index in [1.807, 2.05) is 31.2 Å². The molecule has 0 aliphatic carbocycles. The summed E-state index contributed by atoms with van der Waals surface area (Å²) >= 11 is 0. The fourth-order valence-electron chi connectivity index (χ4n) is 3.14. The van der Waals surface area contributed by atoms with Gasteiger partial charge in [-0.3, -0.25) is 14.4 Å². The number of anilines is 3. The molecular formula is C21H23N3O4. The minimum Gasteiger partial charge on any atom is -0.494 e. The number of hydrogen-bond donors (Lipinski definition) is 2. The van der Waals surface area contributed by atoms with Crippen LogP contribution in [0.3, 0.4) is 0 Å². The van der Waals surface area contributed by atoms with Gasteiger partial charge < -0.3 is 20.3 Å². The van der Waals surface area contributed by atoms with Crippen molar-refractivity contribution in [2.45, 2.75) is 20.3 Å². The van der Waals surface area contributed by atoms with Gasteiger partial charge in [0.1, 0.15) is 5.75 Å². The standard InChI is InChI=1S/C21H23N3O4/c1-3-28-19-9-7-18(8-10-19)24-13-15(11-20(24)26)21(27)23-17-6-4-5-16(12-17)22-14(2)25/h4-10,12,15H,3,11,13H2,1-2H3,(H,22,25)(H,23,27). The van der Waals surface area contributed by atoms with Crippen molar-refractivity contribution in [3.63, 3.8) is 0 Å². The van der Waals surface area contributed by atoms with E-state index < -0.39 is 5.92 Å². The molecule has 1 aliphatic rings. The van der Waals surface area contributed by atoms with E-state index in [0.29, 0.717) is 24.5 Å². The number of carbonyl (C=O) groups excluding carboxylic acids is 3. The monoisotopic (exact) mass is 381 g/mol. The summed E-state index contributed by atoms with van der Waals surface area (Å²) in [6.45, 7) is 4.23. The molecule has 7 nitrogen and oxygen atoms in total. The Morgan fingerprint density at radius 3 is 2.43 bits per heavy atom. The van der Waals surface area contributed by atoms with E-state index in [1.165, 1.54) is 6.92 Å². The zero-order valence-electron chi connectivity index (χ0n) is 15.9. The minimum atomic E-state index is -0.441. The number of amides is 3. The van der Waals surface area contributed by atoms with Gasteiger partial charge in [0.15, 0.2) is 0 Å². The number of benzene rings is 2. The molecule has 1 unspecified atom stereocenters. The lowest BCUT2D eigenvalue weighted by Crippen LogP contribution is -2.28. The van der Waals surface area contributed by atoms with E-state index >= 15 is 0 Å². The van der Waals surface area contributed by atoms with Crippen LogP contribution in [0.4, 0.5) is 17.1 Å². The second-order valence-electron chi connectivity index (χ2n) is 6.58. The van der Waals surface area contributed by atoms with Crippen LogP contribution in [0.2, 0.25) is 0 Å². The molecule has 1 atom stereocenters. The lowest BCUT2D eigenvalue weighted by Gasteiger charge is -2.17. The molecule has 2 N–H and O–H groups in total. The van der Waals surface area contributed by atoms with Crippen molar-refractivity contribution in [1.82, 2.24) is 0 Å². The summed E-state index contributed by atoms with van der Waals surface area (Å²) in [6, 6.07) is 14.2. The van der Waals surface area contributed by atoms with Gasteiger partial charge in [0.2, 0.25) is 17.7 Å². The fourth-order valence-corrected chi connectivity index (χ4v) is 3.14. The van der Waals surface area contributed by atoms with Crippen molar-refractivity contribution in [2.75, 3.05) is 28.7 Å². The third kappa shape index (κ3) is 4.68. The van der Waals surface area contributed by atoms with Crippen LogP contribution < -0.4 is 20.3 Å². The molecule has 0 saturated carbocycles. The van der Waals surface area contributed by atoms with Gasteiger partial charge in [0.05, 0.1) is 12.5 Å². The third-order valence-electron chi connectivity index (χ3n) is 4.41. The summed E-state index contributed by atoms with van der Waals surface area (Å²) in [5.74, 6) is -0.191. The summed E-state index contributed by atoms with van der Waals surface area (Å²) in [5.41, 5.74) is 1.92. The van der Waals surface area contributed by atoms with Gasteiger partial charge in [-0.05, 0) is 49.4 Å². The summed E-state index contributed by atoms with van der Waals surface area (Å²) in [7, 11) is 0. The van der Waals surface area contributed by atoms with Crippen LogP contribution in [-0.2, 0) is 14.4 Å². The second-order valence-corrected chi connectivity index (χ2v) is 6.58. The van der Waals surface area contributed by atoms with Crippen LogP contribution in [0, 0.1) is 5.92 Å². The predicted molar refractivity (Wildman–Crippen MR) is 107 cm³/mol. The lowest BCUT2D eigenvalue weighted by molar-refractivity contribution is -0.122. The van der Waals surface area contributed by atoms with Crippen molar-refractivity contribution >= 4 is 34.8 Å². The molecule has 1 fully saturated rings. The molecule has 1 aliphatic heterocycles. The quantitative estimate of drug-likeness (QED) is 0.805. The summed E-state index contributed by atoms with van der Waals surface area (Å²) < 4.78 is 5.42. The zero-order chi connectivity index (χ0) is 20.1. The molecule has 0 aromatic heterocycles. The van der Waals surface area contributed by atoms with Crippen LogP contribution in [-0.4, -0.2) is 30.9 Å². The van der Waals surface area contributed by atoms with Gasteiger partial charge in [0, 0.05) is 37.0 Å². The Morgan fingerprint density at radius 1 is 1.11 bits per heavy atom. The topological polar surface area (TPSA) is 87.7 Å². The molecule has 1 saturated heterocycles. The highest BCUT2D eigenvalue weighted by atomic mass is 16.5. The Balaban J connectivity index is 1.64. The molecule has 3 amide bonds. The Morgan fingerprint density at radius 2 is 1.79 bits per heavy atom. The van der Waals surface area contributed by atoms with Gasteiger partial charge in [-0.15, -0.1) is 0 Å². The molecule has 1 heterocycles. The van der Waals surface area contributed by atoms with Crippen molar-refractivity contribution in [3.05, 3.63) is 48.5 Å². The van der Waals surface area contributed by atoms with Gasteiger partial charge in [-0.2, -0.15) is 0 Å². The molecule has 7 heteroatoms. The zero-order valence-corrected chi connectivity index (χ0v) is 15.9. The third-order valence-corrected chi connectivity index (χ3v) is 4.41. The van der Waals surface area contributed by atoms with Crippen molar-refractivity contribution < 1.29 is 19.1 Å². The van der Waals surface area contributed by atoms with Crippen LogP contribution in [0.25, 0.3) is 0 Å². The first-order valence-electron chi connectivity index (χ1n) is 9.18. The van der Waals surface area contributed by atoms with Crippen LogP contribution >= 0.6 is 0 Å². The van der Waals surface area contributed by atoms with Gasteiger partial charge in [-0.1, -0.05) is 6.07 Å². The summed E-state index contributed by atoms with van der Waals surface area (Å²) in [4.78, 5) is 37.8. The highest BCUT2D eigenvalue weighted by molar-refractivity contribution is 6.03. The predicted octanol–water partition coefficient (Wildman–Crippen LogP) is 3.04. The van der Waals surface area contributed by atoms with Gasteiger partial charge in [0.25, 0.3) is 0 Å². The number of nitrogens with zero attached hydrogens (tertiary/aromatic N) is 1. The van der Waals surface area contributed by atoms with Crippen LogP contribution in [0.5, 0.6) is 5.75 Å². The normalized spacial score (nSPS) is 16.0. The number of hydrogen-bond acceptors (Lipinski definition) is 4. The largest absolute Gasteiger partial charge is 0.494 e. The first-order chi connectivity index (χ1) is 13.5. The maximum Gasteiger partial charge on any atom is 0.229 e. The SMILES string of the molecule is CCOc1ccc(N2CC(C(=O)Nc3cccc(NC(C)=O)c3)CC2=O)cc1. The summed E-state index contributed by atoms with van der Waals surface area (Å²) in [5, 5.41) is 5.50. The Bertz CT molecular complexity index is 879.